The minimum atomic E-state index is -1.01. The van der Waals surface area contributed by atoms with Crippen molar-refractivity contribution in [2.24, 2.45) is 0 Å². The Hall–Kier alpha value is -3.39. The van der Waals surface area contributed by atoms with Crippen molar-refractivity contribution in [3.8, 4) is 11.8 Å². The maximum Gasteiger partial charge on any atom is 0.349 e. The van der Waals surface area contributed by atoms with Gasteiger partial charge in [-0.1, -0.05) is 38.1 Å². The van der Waals surface area contributed by atoms with Gasteiger partial charge in [-0.25, -0.2) is 4.79 Å². The highest BCUT2D eigenvalue weighted by Crippen LogP contribution is 2.18. The summed E-state index contributed by atoms with van der Waals surface area (Å²) in [5.41, 5.74) is 2.11. The van der Waals surface area contributed by atoms with E-state index >= 15 is 0 Å². The number of esters is 1. The lowest BCUT2D eigenvalue weighted by Crippen LogP contribution is -2.25. The van der Waals surface area contributed by atoms with Gasteiger partial charge in [0.1, 0.15) is 17.4 Å². The van der Waals surface area contributed by atoms with E-state index in [1.807, 2.05) is 30.3 Å². The summed E-state index contributed by atoms with van der Waals surface area (Å²) in [6, 6.07) is 15.9. The molecule has 0 heterocycles. The van der Waals surface area contributed by atoms with E-state index < -0.39 is 12.1 Å². The minimum absolute atomic E-state index is 0.160. The van der Waals surface area contributed by atoms with Crippen LogP contribution in [0.5, 0.6) is 5.75 Å². The summed E-state index contributed by atoms with van der Waals surface area (Å²) in [7, 11) is 1.54. The van der Waals surface area contributed by atoms with Crippen molar-refractivity contribution < 1.29 is 19.1 Å². The van der Waals surface area contributed by atoms with Crippen molar-refractivity contribution in [1.82, 2.24) is 0 Å². The van der Waals surface area contributed by atoms with Gasteiger partial charge in [0.25, 0.3) is 0 Å². The quantitative estimate of drug-likeness (QED) is 0.306. The van der Waals surface area contributed by atoms with Crippen LogP contribution in [0.3, 0.4) is 0 Å². The zero-order valence-corrected chi connectivity index (χ0v) is 16.4. The molecule has 2 rings (SSSR count). The largest absolute Gasteiger partial charge is 0.497 e. The summed E-state index contributed by atoms with van der Waals surface area (Å²) in [5, 5.41) is 9.31. The molecular formula is C23H23NO4. The molecular weight excluding hydrogens is 354 g/mol. The Morgan fingerprint density at radius 3 is 2.11 bits per heavy atom. The Morgan fingerprint density at radius 2 is 1.61 bits per heavy atom. The molecule has 28 heavy (non-hydrogen) atoms. The van der Waals surface area contributed by atoms with Crippen LogP contribution in [-0.4, -0.2) is 25.0 Å². The van der Waals surface area contributed by atoms with Crippen molar-refractivity contribution in [3.05, 3.63) is 70.8 Å². The van der Waals surface area contributed by atoms with Crippen LogP contribution in [-0.2, 0) is 9.53 Å². The van der Waals surface area contributed by atoms with Crippen molar-refractivity contribution in [2.45, 2.75) is 32.8 Å². The lowest BCUT2D eigenvalue weighted by Gasteiger charge is -2.12. The van der Waals surface area contributed by atoms with Gasteiger partial charge in [0.05, 0.1) is 7.11 Å². The third-order valence-electron chi connectivity index (χ3n) is 4.28. The average molecular weight is 377 g/mol. The zero-order chi connectivity index (χ0) is 20.7. The molecule has 0 N–H and O–H groups in total. The molecule has 0 radical (unpaired) electrons. The average Bonchev–Trinajstić information content (AvgIpc) is 2.71. The lowest BCUT2D eigenvalue weighted by molar-refractivity contribution is -0.141. The van der Waals surface area contributed by atoms with Gasteiger partial charge in [-0.2, -0.15) is 5.26 Å². The Bertz CT molecular complexity index is 903. The van der Waals surface area contributed by atoms with Gasteiger partial charge >= 0.3 is 5.97 Å². The SMILES string of the molecule is COc1ccc(C(=O)[C@H](C)OC(=O)/C(C#N)=C/c2ccc(C(C)C)cc2)cc1. The van der Waals surface area contributed by atoms with Gasteiger partial charge in [-0.3, -0.25) is 4.79 Å². The topological polar surface area (TPSA) is 76.4 Å². The van der Waals surface area contributed by atoms with E-state index in [1.54, 1.807) is 24.3 Å². The number of carbonyl (C=O) groups is 2. The van der Waals surface area contributed by atoms with E-state index in [4.69, 9.17) is 9.47 Å². The normalized spacial score (nSPS) is 12.2. The summed E-state index contributed by atoms with van der Waals surface area (Å²) in [5.74, 6) is -0.165. The fraction of sp³-hybridized carbons (Fsp3) is 0.261. The Labute approximate surface area is 165 Å². The van der Waals surface area contributed by atoms with Crippen LogP contribution < -0.4 is 4.74 Å². The maximum atomic E-state index is 12.4. The molecule has 0 aromatic heterocycles. The number of hydrogen-bond acceptors (Lipinski definition) is 5. The molecule has 0 spiro atoms. The number of nitrogens with zero attached hydrogens (tertiary/aromatic N) is 1. The molecule has 5 heteroatoms. The van der Waals surface area contributed by atoms with Gasteiger partial charge in [-0.05, 0) is 54.3 Å². The highest BCUT2D eigenvalue weighted by Gasteiger charge is 2.22. The number of carbonyl (C=O) groups excluding carboxylic acids is 2. The molecule has 0 amide bonds. The van der Waals surface area contributed by atoms with Crippen molar-refractivity contribution in [3.63, 3.8) is 0 Å². The monoisotopic (exact) mass is 377 g/mol. The first kappa shape index (κ1) is 20.9. The summed E-state index contributed by atoms with van der Waals surface area (Å²) < 4.78 is 10.3. The van der Waals surface area contributed by atoms with Gasteiger partial charge in [0, 0.05) is 5.56 Å². The molecule has 1 atom stereocenters. The number of rotatable bonds is 7. The molecule has 5 nitrogen and oxygen atoms in total. The van der Waals surface area contributed by atoms with E-state index in [9.17, 15) is 14.9 Å². The van der Waals surface area contributed by atoms with Crippen LogP contribution >= 0.6 is 0 Å². The first-order chi connectivity index (χ1) is 13.3. The number of ether oxygens (including phenoxy) is 2. The first-order valence-electron chi connectivity index (χ1n) is 8.96. The molecule has 0 saturated heterocycles. The number of Topliss-reactive ketones (excluding diaryl/α,β-unsaturated/α-hetero) is 1. The zero-order valence-electron chi connectivity index (χ0n) is 16.4. The predicted molar refractivity (Wildman–Crippen MR) is 107 cm³/mol. The summed E-state index contributed by atoms with van der Waals surface area (Å²) >= 11 is 0. The van der Waals surface area contributed by atoms with E-state index in [-0.39, 0.29) is 11.4 Å². The fourth-order valence-corrected chi connectivity index (χ4v) is 2.55. The second-order valence-corrected chi connectivity index (χ2v) is 6.63. The van der Waals surface area contributed by atoms with E-state index in [0.29, 0.717) is 22.8 Å². The first-order valence-corrected chi connectivity index (χ1v) is 8.96. The molecule has 0 unspecified atom stereocenters. The molecule has 2 aromatic rings. The number of nitriles is 1. The third-order valence-corrected chi connectivity index (χ3v) is 4.28. The molecule has 0 aliphatic heterocycles. The Morgan fingerprint density at radius 1 is 1.00 bits per heavy atom. The van der Waals surface area contributed by atoms with Crippen LogP contribution in [0, 0.1) is 11.3 Å². The van der Waals surface area contributed by atoms with E-state index in [2.05, 4.69) is 13.8 Å². The smallest absolute Gasteiger partial charge is 0.349 e. The molecule has 2 aromatic carbocycles. The van der Waals surface area contributed by atoms with Crippen molar-refractivity contribution >= 4 is 17.8 Å². The predicted octanol–water partition coefficient (Wildman–Crippen LogP) is 4.54. The van der Waals surface area contributed by atoms with Crippen LogP contribution in [0.2, 0.25) is 0 Å². The number of methoxy groups -OCH3 is 1. The molecule has 0 bridgehead atoms. The van der Waals surface area contributed by atoms with Crippen LogP contribution in [0.4, 0.5) is 0 Å². The van der Waals surface area contributed by atoms with Gasteiger partial charge in [-0.15, -0.1) is 0 Å². The summed E-state index contributed by atoms with van der Waals surface area (Å²) in [4.78, 5) is 24.7. The molecule has 0 aliphatic carbocycles. The molecule has 144 valence electrons. The van der Waals surface area contributed by atoms with Crippen LogP contribution in [0.15, 0.2) is 54.1 Å². The van der Waals surface area contributed by atoms with Crippen LogP contribution in [0.25, 0.3) is 6.08 Å². The second-order valence-electron chi connectivity index (χ2n) is 6.63. The number of ketones is 1. The molecule has 0 aliphatic rings. The molecule has 0 fully saturated rings. The van der Waals surface area contributed by atoms with E-state index in [0.717, 1.165) is 5.56 Å². The standard InChI is InChI=1S/C23H23NO4/c1-15(2)18-7-5-17(6-8-18)13-20(14-24)23(26)28-16(3)22(25)19-9-11-21(27-4)12-10-19/h5-13,15-16H,1-4H3/b20-13+/t16-/m0/s1. The highest BCUT2D eigenvalue weighted by atomic mass is 16.5. The van der Waals surface area contributed by atoms with Gasteiger partial charge in [0.15, 0.2) is 6.10 Å². The van der Waals surface area contributed by atoms with Crippen molar-refractivity contribution in [1.29, 1.82) is 5.26 Å². The minimum Gasteiger partial charge on any atom is -0.497 e. The summed E-state index contributed by atoms with van der Waals surface area (Å²) in [6.07, 6.45) is 0.442. The lowest BCUT2D eigenvalue weighted by atomic mass is 10.0. The van der Waals surface area contributed by atoms with Gasteiger partial charge in [0.2, 0.25) is 5.78 Å². The summed E-state index contributed by atoms with van der Waals surface area (Å²) in [6.45, 7) is 5.66. The maximum absolute atomic E-state index is 12.4. The van der Waals surface area contributed by atoms with E-state index in [1.165, 1.54) is 20.1 Å². The van der Waals surface area contributed by atoms with Gasteiger partial charge < -0.3 is 9.47 Å². The fourth-order valence-electron chi connectivity index (χ4n) is 2.55. The van der Waals surface area contributed by atoms with Crippen molar-refractivity contribution in [2.75, 3.05) is 7.11 Å². The Balaban J connectivity index is 2.09. The highest BCUT2D eigenvalue weighted by molar-refractivity contribution is 6.03. The Kier molecular flexibility index (Phi) is 7.11. The van der Waals surface area contributed by atoms with Crippen LogP contribution in [0.1, 0.15) is 48.2 Å². The third kappa shape index (κ3) is 5.31. The second kappa shape index (κ2) is 9.52. The molecule has 0 saturated carbocycles. The number of hydrogen-bond donors (Lipinski definition) is 0. The number of benzene rings is 2.